The molecule has 2 aromatic carbocycles. The Morgan fingerprint density at radius 2 is 1.91 bits per heavy atom. The van der Waals surface area contributed by atoms with Gasteiger partial charge < -0.3 is 10.1 Å². The maximum atomic E-state index is 12.2. The van der Waals surface area contributed by atoms with E-state index in [1.54, 1.807) is 25.4 Å². The molecule has 1 amide bonds. The van der Waals surface area contributed by atoms with Gasteiger partial charge in [0.25, 0.3) is 5.91 Å². The molecule has 0 bridgehead atoms. The number of anilines is 1. The number of aromatic nitrogens is 1. The molecule has 0 fully saturated rings. The molecule has 0 radical (unpaired) electrons. The number of nitrogens with zero attached hydrogens (tertiary/aromatic N) is 1. The lowest BCUT2D eigenvalue weighted by atomic mass is 10.2. The molecule has 0 saturated heterocycles. The monoisotopic (exact) mass is 404 g/mol. The third-order valence-electron chi connectivity index (χ3n) is 3.26. The molecule has 5 heteroatoms. The van der Waals surface area contributed by atoms with E-state index in [4.69, 9.17) is 4.74 Å². The maximum absolute atomic E-state index is 12.2. The molecule has 1 heterocycles. The molecule has 1 N–H and O–H groups in total. The van der Waals surface area contributed by atoms with Crippen molar-refractivity contribution in [3.63, 3.8) is 0 Å². The van der Waals surface area contributed by atoms with E-state index in [-0.39, 0.29) is 5.91 Å². The largest absolute Gasteiger partial charge is 0.497 e. The fourth-order valence-corrected chi connectivity index (χ4v) is 2.46. The molecule has 22 heavy (non-hydrogen) atoms. The first kappa shape index (κ1) is 14.8. The predicted molar refractivity (Wildman–Crippen MR) is 95.4 cm³/mol. The minimum atomic E-state index is -0.147. The van der Waals surface area contributed by atoms with Gasteiger partial charge in [-0.2, -0.15) is 0 Å². The number of benzene rings is 2. The van der Waals surface area contributed by atoms with Gasteiger partial charge in [-0.25, -0.2) is 0 Å². The summed E-state index contributed by atoms with van der Waals surface area (Å²) in [6.07, 6.45) is 1.65. The molecule has 3 aromatic rings. The quantitative estimate of drug-likeness (QED) is 0.669. The minimum Gasteiger partial charge on any atom is -0.497 e. The number of amides is 1. The van der Waals surface area contributed by atoms with Gasteiger partial charge in [-0.05, 0) is 65.1 Å². The Balaban J connectivity index is 1.84. The highest BCUT2D eigenvalue weighted by Crippen LogP contribution is 2.22. The Labute approximate surface area is 141 Å². The minimum absolute atomic E-state index is 0.147. The molecule has 4 nitrogen and oxygen atoms in total. The molecule has 0 atom stereocenters. The average Bonchev–Trinajstić information content (AvgIpc) is 2.55. The van der Waals surface area contributed by atoms with E-state index in [9.17, 15) is 4.79 Å². The topological polar surface area (TPSA) is 51.2 Å². The number of pyridine rings is 1. The van der Waals surface area contributed by atoms with Crippen LogP contribution in [0.4, 0.5) is 5.69 Å². The zero-order chi connectivity index (χ0) is 15.5. The average molecular weight is 404 g/mol. The van der Waals surface area contributed by atoms with Gasteiger partial charge in [-0.15, -0.1) is 0 Å². The van der Waals surface area contributed by atoms with Crippen LogP contribution >= 0.6 is 22.6 Å². The lowest BCUT2D eigenvalue weighted by Crippen LogP contribution is -2.11. The summed E-state index contributed by atoms with van der Waals surface area (Å²) in [5, 5.41) is 3.81. The molecular formula is C17H13IN2O2. The third-order valence-corrected chi connectivity index (χ3v) is 3.97. The van der Waals surface area contributed by atoms with E-state index < -0.39 is 0 Å². The molecular weight excluding hydrogens is 391 g/mol. The van der Waals surface area contributed by atoms with Crippen LogP contribution in [0.3, 0.4) is 0 Å². The van der Waals surface area contributed by atoms with Crippen LogP contribution < -0.4 is 10.1 Å². The first-order chi connectivity index (χ1) is 10.7. The van der Waals surface area contributed by atoms with Crippen molar-refractivity contribution >= 4 is 45.1 Å². The Bertz CT molecular complexity index is 832. The van der Waals surface area contributed by atoms with Crippen LogP contribution in [0, 0.1) is 3.57 Å². The van der Waals surface area contributed by atoms with Crippen LogP contribution in [0.15, 0.2) is 54.7 Å². The van der Waals surface area contributed by atoms with Gasteiger partial charge in [0.1, 0.15) is 5.75 Å². The Morgan fingerprint density at radius 1 is 1.14 bits per heavy atom. The van der Waals surface area contributed by atoms with Crippen LogP contribution in [0.25, 0.3) is 10.9 Å². The number of carbonyl (C=O) groups is 1. The third kappa shape index (κ3) is 3.19. The Hall–Kier alpha value is -2.15. The molecule has 0 spiro atoms. The number of rotatable bonds is 3. The van der Waals surface area contributed by atoms with Gasteiger partial charge in [-0.1, -0.05) is 0 Å². The number of nitrogens with one attached hydrogen (secondary N) is 1. The summed E-state index contributed by atoms with van der Waals surface area (Å²) < 4.78 is 6.27. The number of hydrogen-bond acceptors (Lipinski definition) is 3. The van der Waals surface area contributed by atoms with Crippen molar-refractivity contribution in [3.05, 3.63) is 63.9 Å². The summed E-state index contributed by atoms with van der Waals surface area (Å²) in [5.41, 5.74) is 2.11. The van der Waals surface area contributed by atoms with Crippen LogP contribution in [-0.4, -0.2) is 18.0 Å². The van der Waals surface area contributed by atoms with E-state index in [2.05, 4.69) is 32.9 Å². The van der Waals surface area contributed by atoms with Crippen molar-refractivity contribution in [2.75, 3.05) is 12.4 Å². The highest BCUT2D eigenvalue weighted by Gasteiger charge is 2.07. The van der Waals surface area contributed by atoms with Crippen molar-refractivity contribution in [2.24, 2.45) is 0 Å². The molecule has 1 aromatic heterocycles. The van der Waals surface area contributed by atoms with E-state index in [0.717, 1.165) is 20.2 Å². The number of halogens is 1. The zero-order valence-corrected chi connectivity index (χ0v) is 14.0. The van der Waals surface area contributed by atoms with Crippen LogP contribution in [0.5, 0.6) is 5.75 Å². The van der Waals surface area contributed by atoms with Crippen molar-refractivity contribution < 1.29 is 9.53 Å². The van der Waals surface area contributed by atoms with Crippen molar-refractivity contribution in [3.8, 4) is 5.75 Å². The standard InChI is InChI=1S/C17H13IN2O2/c1-22-15-7-4-12-8-14(10-19-16(12)9-15)20-17(21)11-2-5-13(18)6-3-11/h2-10H,1H3,(H,20,21). The predicted octanol–water partition coefficient (Wildman–Crippen LogP) is 4.10. The van der Waals surface area contributed by atoms with Gasteiger partial charge in [0.15, 0.2) is 0 Å². The van der Waals surface area contributed by atoms with E-state index in [0.29, 0.717) is 11.3 Å². The Kier molecular flexibility index (Phi) is 4.24. The smallest absolute Gasteiger partial charge is 0.255 e. The van der Waals surface area contributed by atoms with E-state index >= 15 is 0 Å². The second kappa shape index (κ2) is 6.31. The Morgan fingerprint density at radius 3 is 2.64 bits per heavy atom. The lowest BCUT2D eigenvalue weighted by Gasteiger charge is -2.07. The number of ether oxygens (including phenoxy) is 1. The SMILES string of the molecule is COc1ccc2cc(NC(=O)c3ccc(I)cc3)cnc2c1. The van der Waals surface area contributed by atoms with Crippen molar-refractivity contribution in [2.45, 2.75) is 0 Å². The number of fused-ring (bicyclic) bond motifs is 1. The second-order valence-corrected chi connectivity index (χ2v) is 5.99. The van der Waals surface area contributed by atoms with E-state index in [1.165, 1.54) is 0 Å². The molecule has 110 valence electrons. The molecule has 0 aliphatic heterocycles. The van der Waals surface area contributed by atoms with Crippen LogP contribution in [0.2, 0.25) is 0 Å². The molecule has 0 saturated carbocycles. The number of carbonyl (C=O) groups excluding carboxylic acids is 1. The van der Waals surface area contributed by atoms with Crippen molar-refractivity contribution in [1.29, 1.82) is 0 Å². The van der Waals surface area contributed by atoms with Gasteiger partial charge in [0.05, 0.1) is 24.5 Å². The summed E-state index contributed by atoms with van der Waals surface area (Å²) in [6.45, 7) is 0. The summed E-state index contributed by atoms with van der Waals surface area (Å²) in [4.78, 5) is 16.6. The van der Waals surface area contributed by atoms with Gasteiger partial charge in [-0.3, -0.25) is 9.78 Å². The maximum Gasteiger partial charge on any atom is 0.255 e. The number of methoxy groups -OCH3 is 1. The molecule has 0 unspecified atom stereocenters. The highest BCUT2D eigenvalue weighted by atomic mass is 127. The first-order valence-electron chi connectivity index (χ1n) is 6.66. The summed E-state index contributed by atoms with van der Waals surface area (Å²) in [5.74, 6) is 0.613. The van der Waals surface area contributed by atoms with Gasteiger partial charge in [0.2, 0.25) is 0 Å². The number of hydrogen-bond donors (Lipinski definition) is 1. The first-order valence-corrected chi connectivity index (χ1v) is 7.74. The lowest BCUT2D eigenvalue weighted by molar-refractivity contribution is 0.102. The summed E-state index contributed by atoms with van der Waals surface area (Å²) in [7, 11) is 1.62. The van der Waals surface area contributed by atoms with E-state index in [1.807, 2.05) is 36.4 Å². The molecule has 3 rings (SSSR count). The highest BCUT2D eigenvalue weighted by molar-refractivity contribution is 14.1. The normalized spacial score (nSPS) is 10.5. The second-order valence-electron chi connectivity index (χ2n) is 4.74. The van der Waals surface area contributed by atoms with Crippen molar-refractivity contribution in [1.82, 2.24) is 4.98 Å². The van der Waals surface area contributed by atoms with Gasteiger partial charge in [0, 0.05) is 20.6 Å². The zero-order valence-electron chi connectivity index (χ0n) is 11.8. The fraction of sp³-hybridized carbons (Fsp3) is 0.0588. The van der Waals surface area contributed by atoms with Crippen LogP contribution in [0.1, 0.15) is 10.4 Å². The van der Waals surface area contributed by atoms with Gasteiger partial charge >= 0.3 is 0 Å². The summed E-state index contributed by atoms with van der Waals surface area (Å²) >= 11 is 2.21. The fourth-order valence-electron chi connectivity index (χ4n) is 2.10. The molecule has 0 aliphatic rings. The van der Waals surface area contributed by atoms with Crippen LogP contribution in [-0.2, 0) is 0 Å². The summed E-state index contributed by atoms with van der Waals surface area (Å²) in [6, 6.07) is 15.0. The molecule has 0 aliphatic carbocycles.